The van der Waals surface area contributed by atoms with Crippen LogP contribution in [0.25, 0.3) is 11.3 Å². The number of thiazole rings is 1. The van der Waals surface area contributed by atoms with E-state index in [-0.39, 0.29) is 5.69 Å². The standard InChI is InChI=1S/C24H22N4O3S/c1-16(2)18-6-10-20(11-7-18)25-24-27(26-17(3)23-5-4-14-31-23)22(15-32-24)19-8-12-21(13-9-19)28(29)30/h4-16H,1-3H3. The van der Waals surface area contributed by atoms with Gasteiger partial charge in [-0.15, -0.1) is 11.3 Å². The van der Waals surface area contributed by atoms with Gasteiger partial charge in [0, 0.05) is 23.1 Å². The number of furan rings is 1. The van der Waals surface area contributed by atoms with E-state index in [0.717, 1.165) is 16.9 Å². The molecular weight excluding hydrogens is 424 g/mol. The third kappa shape index (κ3) is 4.60. The van der Waals surface area contributed by atoms with Crippen LogP contribution in [0.1, 0.15) is 38.0 Å². The second-order valence-corrected chi connectivity index (χ2v) is 8.38. The largest absolute Gasteiger partial charge is 0.463 e. The Kier molecular flexibility index (Phi) is 6.13. The van der Waals surface area contributed by atoms with E-state index < -0.39 is 4.92 Å². The van der Waals surface area contributed by atoms with Crippen molar-refractivity contribution in [2.45, 2.75) is 26.7 Å². The second-order valence-electron chi connectivity index (χ2n) is 7.54. The van der Waals surface area contributed by atoms with E-state index in [1.54, 1.807) is 23.1 Å². The summed E-state index contributed by atoms with van der Waals surface area (Å²) in [5, 5.41) is 17.7. The summed E-state index contributed by atoms with van der Waals surface area (Å²) in [7, 11) is 0. The van der Waals surface area contributed by atoms with Crippen molar-refractivity contribution in [2.75, 3.05) is 0 Å². The van der Waals surface area contributed by atoms with E-state index in [1.807, 2.05) is 36.6 Å². The molecule has 0 unspecified atom stereocenters. The first-order valence-corrected chi connectivity index (χ1v) is 11.0. The van der Waals surface area contributed by atoms with Gasteiger partial charge in [-0.05, 0) is 54.8 Å². The molecule has 0 radical (unpaired) electrons. The predicted molar refractivity (Wildman–Crippen MR) is 126 cm³/mol. The first kappa shape index (κ1) is 21.5. The van der Waals surface area contributed by atoms with Crippen molar-refractivity contribution in [1.82, 2.24) is 4.68 Å². The maximum Gasteiger partial charge on any atom is 0.269 e. The molecule has 0 aliphatic carbocycles. The molecule has 32 heavy (non-hydrogen) atoms. The number of non-ortho nitro benzene ring substituents is 1. The number of benzene rings is 2. The Morgan fingerprint density at radius 3 is 2.41 bits per heavy atom. The summed E-state index contributed by atoms with van der Waals surface area (Å²) in [6.07, 6.45) is 1.60. The highest BCUT2D eigenvalue weighted by atomic mass is 32.1. The van der Waals surface area contributed by atoms with Gasteiger partial charge in [0.05, 0.1) is 22.6 Å². The highest BCUT2D eigenvalue weighted by molar-refractivity contribution is 7.07. The first-order valence-electron chi connectivity index (χ1n) is 10.1. The van der Waals surface area contributed by atoms with Crippen molar-refractivity contribution < 1.29 is 9.34 Å². The average Bonchev–Trinajstić information content (AvgIpc) is 3.45. The smallest absolute Gasteiger partial charge is 0.269 e. The summed E-state index contributed by atoms with van der Waals surface area (Å²) in [4.78, 5) is 16.1. The van der Waals surface area contributed by atoms with Crippen LogP contribution in [0.2, 0.25) is 0 Å². The third-order valence-corrected chi connectivity index (χ3v) is 5.79. The van der Waals surface area contributed by atoms with E-state index in [2.05, 4.69) is 26.0 Å². The van der Waals surface area contributed by atoms with Crippen molar-refractivity contribution in [3.05, 3.63) is 98.5 Å². The first-order chi connectivity index (χ1) is 15.4. The lowest BCUT2D eigenvalue weighted by molar-refractivity contribution is -0.384. The fourth-order valence-corrected chi connectivity index (χ4v) is 4.00. The van der Waals surface area contributed by atoms with Gasteiger partial charge >= 0.3 is 0 Å². The van der Waals surface area contributed by atoms with Crippen LogP contribution in [0.3, 0.4) is 0 Å². The van der Waals surface area contributed by atoms with Crippen LogP contribution >= 0.6 is 11.3 Å². The van der Waals surface area contributed by atoms with Crippen molar-refractivity contribution in [1.29, 1.82) is 0 Å². The molecule has 162 valence electrons. The maximum atomic E-state index is 11.0. The molecule has 8 heteroatoms. The van der Waals surface area contributed by atoms with Gasteiger partial charge in [0.15, 0.2) is 0 Å². The summed E-state index contributed by atoms with van der Waals surface area (Å²) in [5.41, 5.74) is 4.40. The lowest BCUT2D eigenvalue weighted by atomic mass is 10.0. The van der Waals surface area contributed by atoms with Crippen molar-refractivity contribution >= 4 is 28.4 Å². The minimum absolute atomic E-state index is 0.0425. The van der Waals surface area contributed by atoms with Crippen molar-refractivity contribution in [3.63, 3.8) is 0 Å². The van der Waals surface area contributed by atoms with Gasteiger partial charge in [-0.25, -0.2) is 9.67 Å². The number of hydrogen-bond acceptors (Lipinski definition) is 6. The Morgan fingerprint density at radius 2 is 1.81 bits per heavy atom. The highest BCUT2D eigenvalue weighted by Crippen LogP contribution is 2.24. The molecule has 0 spiro atoms. The molecule has 0 saturated carbocycles. The monoisotopic (exact) mass is 446 g/mol. The molecular formula is C24H22N4O3S. The third-order valence-electron chi connectivity index (χ3n) is 4.97. The Balaban J connectivity index is 1.83. The summed E-state index contributed by atoms with van der Waals surface area (Å²) in [6.45, 7) is 6.17. The number of nitro benzene ring substituents is 1. The highest BCUT2D eigenvalue weighted by Gasteiger charge is 2.12. The average molecular weight is 447 g/mol. The molecule has 0 bridgehead atoms. The van der Waals surface area contributed by atoms with Gasteiger partial charge in [-0.2, -0.15) is 5.10 Å². The van der Waals surface area contributed by atoms with Crippen molar-refractivity contribution in [3.8, 4) is 11.3 Å². The zero-order chi connectivity index (χ0) is 22.7. The molecule has 2 heterocycles. The van der Waals surface area contributed by atoms with Gasteiger partial charge in [0.25, 0.3) is 5.69 Å². The van der Waals surface area contributed by atoms with Crippen molar-refractivity contribution in [2.24, 2.45) is 10.1 Å². The normalized spacial score (nSPS) is 12.5. The predicted octanol–water partition coefficient (Wildman–Crippen LogP) is 6.35. The van der Waals surface area contributed by atoms with Gasteiger partial charge < -0.3 is 4.42 Å². The minimum Gasteiger partial charge on any atom is -0.463 e. The summed E-state index contributed by atoms with van der Waals surface area (Å²) >= 11 is 1.45. The summed E-state index contributed by atoms with van der Waals surface area (Å²) in [5.74, 6) is 1.11. The summed E-state index contributed by atoms with van der Waals surface area (Å²) < 4.78 is 7.23. The van der Waals surface area contributed by atoms with Crippen LogP contribution < -0.4 is 4.80 Å². The molecule has 0 aliphatic rings. The molecule has 2 aromatic heterocycles. The molecule has 0 fully saturated rings. The zero-order valence-electron chi connectivity index (χ0n) is 17.9. The van der Waals surface area contributed by atoms with E-state index >= 15 is 0 Å². The van der Waals surface area contributed by atoms with Crippen LogP contribution in [-0.2, 0) is 0 Å². The Hall–Kier alpha value is -3.78. The Labute approximate surface area is 189 Å². The van der Waals surface area contributed by atoms with Gasteiger partial charge in [0.1, 0.15) is 11.5 Å². The molecule has 0 saturated heterocycles. The maximum absolute atomic E-state index is 11.0. The zero-order valence-corrected chi connectivity index (χ0v) is 18.7. The number of nitrogens with zero attached hydrogens (tertiary/aromatic N) is 4. The molecule has 0 amide bonds. The fraction of sp³-hybridized carbons (Fsp3) is 0.167. The van der Waals surface area contributed by atoms with E-state index in [4.69, 9.17) is 14.5 Å². The molecule has 4 rings (SSSR count). The van der Waals surface area contributed by atoms with E-state index in [9.17, 15) is 10.1 Å². The molecule has 7 nitrogen and oxygen atoms in total. The van der Waals surface area contributed by atoms with Gasteiger partial charge in [0.2, 0.25) is 4.80 Å². The van der Waals surface area contributed by atoms with Crippen LogP contribution in [0.5, 0.6) is 0 Å². The quantitative estimate of drug-likeness (QED) is 0.197. The SMILES string of the molecule is CC(=Nn1c(-c2ccc([N+](=O)[O-])cc2)csc1=Nc1ccc(C(C)C)cc1)c1ccco1. The molecule has 0 aliphatic heterocycles. The van der Waals surface area contributed by atoms with Crippen LogP contribution in [0.15, 0.2) is 86.8 Å². The Morgan fingerprint density at radius 1 is 1.09 bits per heavy atom. The van der Waals surface area contributed by atoms with Gasteiger partial charge in [-0.3, -0.25) is 10.1 Å². The molecule has 0 N–H and O–H groups in total. The number of rotatable bonds is 6. The van der Waals surface area contributed by atoms with Crippen LogP contribution in [0.4, 0.5) is 11.4 Å². The fourth-order valence-electron chi connectivity index (χ4n) is 3.15. The van der Waals surface area contributed by atoms with E-state index in [1.165, 1.54) is 29.0 Å². The van der Waals surface area contributed by atoms with Gasteiger partial charge in [-0.1, -0.05) is 26.0 Å². The van der Waals surface area contributed by atoms with Crippen LogP contribution in [-0.4, -0.2) is 15.3 Å². The Bertz CT molecular complexity index is 1310. The lowest BCUT2D eigenvalue weighted by Gasteiger charge is -2.06. The molecule has 4 aromatic rings. The summed E-state index contributed by atoms with van der Waals surface area (Å²) in [6, 6.07) is 18.2. The second kappa shape index (κ2) is 9.15. The van der Waals surface area contributed by atoms with Crippen LogP contribution in [0, 0.1) is 10.1 Å². The molecule has 2 aromatic carbocycles. The van der Waals surface area contributed by atoms with E-state index in [0.29, 0.717) is 22.2 Å². The number of hydrogen-bond donors (Lipinski definition) is 0. The lowest BCUT2D eigenvalue weighted by Crippen LogP contribution is -2.13. The topological polar surface area (TPSA) is 85.9 Å². The number of aromatic nitrogens is 1. The molecule has 0 atom stereocenters. The minimum atomic E-state index is -0.410. The number of nitro groups is 1.